The van der Waals surface area contributed by atoms with E-state index in [4.69, 9.17) is 15.7 Å². The van der Waals surface area contributed by atoms with Gasteiger partial charge in [-0.2, -0.15) is 5.26 Å². The maximum atomic E-state index is 10.8. The van der Waals surface area contributed by atoms with Crippen LogP contribution >= 0.6 is 0 Å². The zero-order valence-corrected chi connectivity index (χ0v) is 10.7. The number of nitrogens with two attached hydrogens (primary N) is 1. The maximum absolute atomic E-state index is 10.8. The molecule has 2 N–H and O–H groups in total. The molecule has 0 bridgehead atoms. The van der Waals surface area contributed by atoms with Crippen molar-refractivity contribution >= 4 is 6.09 Å². The van der Waals surface area contributed by atoms with Crippen LogP contribution in [0.3, 0.4) is 0 Å². The Morgan fingerprint density at radius 1 is 1.35 bits per heavy atom. The minimum atomic E-state index is -0.701. The lowest BCUT2D eigenvalue weighted by Crippen LogP contribution is -2.34. The second kappa shape index (κ2) is 5.90. The van der Waals surface area contributed by atoms with Crippen molar-refractivity contribution in [3.63, 3.8) is 0 Å². The number of nitriles is 1. The average Bonchev–Trinajstić information content (AvgIpc) is 2.18. The molecule has 17 heavy (non-hydrogen) atoms. The average molecular weight is 238 g/mol. The molecule has 0 aromatic carbocycles. The Labute approximate surface area is 103 Å². The van der Waals surface area contributed by atoms with Gasteiger partial charge in [-0.15, -0.1) is 0 Å². The van der Waals surface area contributed by atoms with Gasteiger partial charge < -0.3 is 10.5 Å². The van der Waals surface area contributed by atoms with Gasteiger partial charge in [0.1, 0.15) is 5.60 Å². The molecule has 0 spiro atoms. The van der Waals surface area contributed by atoms with Crippen LogP contribution in [0.5, 0.6) is 0 Å². The van der Waals surface area contributed by atoms with Crippen molar-refractivity contribution in [1.82, 2.24) is 0 Å². The van der Waals surface area contributed by atoms with Gasteiger partial charge in [-0.05, 0) is 44.9 Å². The van der Waals surface area contributed by atoms with Crippen molar-refractivity contribution in [2.75, 3.05) is 0 Å². The minimum absolute atomic E-state index is 0.474. The van der Waals surface area contributed by atoms with Crippen LogP contribution in [0.25, 0.3) is 0 Å². The fraction of sp³-hybridized carbons (Fsp3) is 0.846. The second-order valence-electron chi connectivity index (χ2n) is 5.63. The molecule has 0 aliphatic heterocycles. The van der Waals surface area contributed by atoms with Crippen LogP contribution < -0.4 is 5.73 Å². The van der Waals surface area contributed by atoms with Crippen molar-refractivity contribution < 1.29 is 9.53 Å². The first-order valence-corrected chi connectivity index (χ1v) is 6.28. The molecule has 0 saturated heterocycles. The van der Waals surface area contributed by atoms with Crippen molar-refractivity contribution in [2.24, 2.45) is 17.6 Å². The lowest BCUT2D eigenvalue weighted by atomic mass is 9.77. The molecule has 4 nitrogen and oxygen atoms in total. The number of carbonyl (C=O) groups excluding carboxylic acids is 1. The topological polar surface area (TPSA) is 76.1 Å². The van der Waals surface area contributed by atoms with Crippen molar-refractivity contribution in [3.8, 4) is 6.07 Å². The van der Waals surface area contributed by atoms with Crippen molar-refractivity contribution in [1.29, 1.82) is 5.26 Å². The summed E-state index contributed by atoms with van der Waals surface area (Å²) in [4.78, 5) is 10.8. The summed E-state index contributed by atoms with van der Waals surface area (Å²) in [6.07, 6.45) is 5.31. The first-order valence-electron chi connectivity index (χ1n) is 6.28. The minimum Gasteiger partial charge on any atom is -0.444 e. The molecule has 0 radical (unpaired) electrons. The van der Waals surface area contributed by atoms with Gasteiger partial charge in [0.05, 0.1) is 6.07 Å². The van der Waals surface area contributed by atoms with E-state index in [1.165, 1.54) is 0 Å². The van der Waals surface area contributed by atoms with E-state index in [1.54, 1.807) is 0 Å². The van der Waals surface area contributed by atoms with E-state index in [2.05, 4.69) is 6.07 Å². The summed E-state index contributed by atoms with van der Waals surface area (Å²) < 4.78 is 5.10. The van der Waals surface area contributed by atoms with Crippen LogP contribution in [0, 0.1) is 23.2 Å². The number of carbonyl (C=O) groups is 1. The highest BCUT2D eigenvalue weighted by molar-refractivity contribution is 5.65. The van der Waals surface area contributed by atoms with Gasteiger partial charge in [-0.3, -0.25) is 0 Å². The summed E-state index contributed by atoms with van der Waals surface area (Å²) in [5.74, 6) is 1.15. The monoisotopic (exact) mass is 238 g/mol. The molecule has 0 aromatic rings. The van der Waals surface area contributed by atoms with Gasteiger partial charge in [0.2, 0.25) is 0 Å². The van der Waals surface area contributed by atoms with Gasteiger partial charge in [0, 0.05) is 6.42 Å². The largest absolute Gasteiger partial charge is 0.444 e. The molecule has 1 amide bonds. The first-order chi connectivity index (χ1) is 7.93. The van der Waals surface area contributed by atoms with Gasteiger partial charge in [-0.1, -0.05) is 12.8 Å². The van der Waals surface area contributed by atoms with E-state index in [9.17, 15) is 4.79 Å². The lowest BCUT2D eigenvalue weighted by molar-refractivity contribution is 0.0199. The highest BCUT2D eigenvalue weighted by Gasteiger charge is 2.29. The molecule has 1 saturated carbocycles. The molecule has 1 aliphatic rings. The number of nitrogens with zero attached hydrogens (tertiary/aromatic N) is 1. The van der Waals surface area contributed by atoms with E-state index < -0.39 is 11.7 Å². The van der Waals surface area contributed by atoms with Crippen LogP contribution in [0.15, 0.2) is 0 Å². The van der Waals surface area contributed by atoms with Gasteiger partial charge in [0.25, 0.3) is 0 Å². The number of hydrogen-bond donors (Lipinski definition) is 1. The third-order valence-corrected chi connectivity index (χ3v) is 3.50. The third-order valence-electron chi connectivity index (χ3n) is 3.50. The SMILES string of the molecule is CC(C)(CC1CCC(CC#N)CC1)OC(N)=O. The predicted octanol–water partition coefficient (Wildman–Crippen LogP) is 2.97. The third kappa shape index (κ3) is 5.08. The van der Waals surface area contributed by atoms with Crippen molar-refractivity contribution in [3.05, 3.63) is 0 Å². The lowest BCUT2D eigenvalue weighted by Gasteiger charge is -2.33. The molecular formula is C13H22N2O2. The summed E-state index contributed by atoms with van der Waals surface area (Å²) in [6, 6.07) is 2.24. The van der Waals surface area contributed by atoms with E-state index in [0.717, 1.165) is 32.1 Å². The number of rotatable bonds is 4. The Kier molecular flexibility index (Phi) is 4.80. The van der Waals surface area contributed by atoms with Crippen LogP contribution in [-0.2, 0) is 4.74 Å². The molecule has 0 aromatic heterocycles. The Morgan fingerprint density at radius 3 is 2.35 bits per heavy atom. The summed E-state index contributed by atoms with van der Waals surface area (Å²) in [7, 11) is 0. The van der Waals surface area contributed by atoms with Gasteiger partial charge in [-0.25, -0.2) is 4.79 Å². The van der Waals surface area contributed by atoms with Crippen LogP contribution in [-0.4, -0.2) is 11.7 Å². The maximum Gasteiger partial charge on any atom is 0.405 e. The van der Waals surface area contributed by atoms with E-state index in [0.29, 0.717) is 18.3 Å². The molecule has 4 heteroatoms. The molecular weight excluding hydrogens is 216 g/mol. The number of amides is 1. The predicted molar refractivity (Wildman–Crippen MR) is 65.0 cm³/mol. The Balaban J connectivity index is 2.35. The molecule has 0 atom stereocenters. The highest BCUT2D eigenvalue weighted by Crippen LogP contribution is 2.35. The fourth-order valence-corrected chi connectivity index (χ4v) is 2.78. The Hall–Kier alpha value is -1.24. The Morgan fingerprint density at radius 2 is 1.88 bits per heavy atom. The molecule has 1 rings (SSSR count). The normalized spacial score (nSPS) is 25.0. The standard InChI is InChI=1S/C13H22N2O2/c1-13(2,17-12(15)16)9-11-5-3-10(4-6-11)7-8-14/h10-11H,3-7,9H2,1-2H3,(H2,15,16). The van der Waals surface area contributed by atoms with E-state index in [1.807, 2.05) is 13.8 Å². The van der Waals surface area contributed by atoms with Crippen LogP contribution in [0.1, 0.15) is 52.4 Å². The molecule has 1 aliphatic carbocycles. The van der Waals surface area contributed by atoms with Crippen LogP contribution in [0.4, 0.5) is 4.79 Å². The summed E-state index contributed by atoms with van der Waals surface area (Å²) >= 11 is 0. The quantitative estimate of drug-likeness (QED) is 0.818. The van der Waals surface area contributed by atoms with Crippen LogP contribution in [0.2, 0.25) is 0 Å². The first kappa shape index (κ1) is 13.8. The summed E-state index contributed by atoms with van der Waals surface area (Å²) in [5, 5.41) is 8.65. The highest BCUT2D eigenvalue weighted by atomic mass is 16.6. The number of ether oxygens (including phenoxy) is 1. The Bertz CT molecular complexity index is 299. The smallest absolute Gasteiger partial charge is 0.405 e. The zero-order chi connectivity index (χ0) is 12.9. The zero-order valence-electron chi connectivity index (χ0n) is 10.7. The second-order valence-corrected chi connectivity index (χ2v) is 5.63. The molecule has 1 fully saturated rings. The molecule has 0 heterocycles. The number of hydrogen-bond acceptors (Lipinski definition) is 3. The summed E-state index contributed by atoms with van der Waals surface area (Å²) in [6.45, 7) is 3.80. The van der Waals surface area contributed by atoms with Gasteiger partial charge >= 0.3 is 6.09 Å². The summed E-state index contributed by atoms with van der Waals surface area (Å²) in [5.41, 5.74) is 4.57. The van der Waals surface area contributed by atoms with Crippen molar-refractivity contribution in [2.45, 2.75) is 58.0 Å². The van der Waals surface area contributed by atoms with E-state index >= 15 is 0 Å². The number of primary amides is 1. The van der Waals surface area contributed by atoms with E-state index in [-0.39, 0.29) is 0 Å². The molecule has 0 unspecified atom stereocenters. The van der Waals surface area contributed by atoms with Gasteiger partial charge in [0.15, 0.2) is 0 Å². The molecule has 96 valence electrons. The fourth-order valence-electron chi connectivity index (χ4n) is 2.78.